The van der Waals surface area contributed by atoms with Crippen LogP contribution in [0.15, 0.2) is 36.4 Å². The van der Waals surface area contributed by atoms with Gasteiger partial charge in [0.2, 0.25) is 5.91 Å². The maximum absolute atomic E-state index is 12.5. The van der Waals surface area contributed by atoms with Gasteiger partial charge in [-0.3, -0.25) is 4.79 Å². The third-order valence-corrected chi connectivity index (χ3v) is 4.60. The number of carbonyl (C=O) groups is 1. The minimum absolute atomic E-state index is 0.103. The minimum Gasteiger partial charge on any atom is -0.323 e. The zero-order chi connectivity index (χ0) is 19.6. The highest BCUT2D eigenvalue weighted by Crippen LogP contribution is 2.28. The second-order valence-electron chi connectivity index (χ2n) is 5.62. The number of benzene rings is 2. The van der Waals surface area contributed by atoms with Crippen molar-refractivity contribution in [1.29, 1.82) is 5.26 Å². The fourth-order valence-corrected chi connectivity index (χ4v) is 2.93. The van der Waals surface area contributed by atoms with Crippen LogP contribution in [-0.4, -0.2) is 20.7 Å². The van der Waals surface area contributed by atoms with Gasteiger partial charge in [-0.2, -0.15) is 10.4 Å². The van der Waals surface area contributed by atoms with Gasteiger partial charge in [-0.25, -0.2) is 9.67 Å². The SMILES string of the molecule is Cc1nc(-c2ccc(Cl)c(Cl)c2)n(CC(=O)Nc2cc(Cl)ccc2C#N)n1. The molecule has 0 aliphatic rings. The molecule has 136 valence electrons. The fourth-order valence-electron chi connectivity index (χ4n) is 2.46. The first kappa shape index (κ1) is 19.2. The molecule has 0 spiro atoms. The first-order valence-electron chi connectivity index (χ1n) is 7.73. The summed E-state index contributed by atoms with van der Waals surface area (Å²) in [6, 6.07) is 11.7. The predicted octanol–water partition coefficient (Wildman–Crippen LogP) is 4.72. The molecule has 1 N–H and O–H groups in total. The largest absolute Gasteiger partial charge is 0.323 e. The molecule has 0 fully saturated rings. The Kier molecular flexibility index (Phi) is 5.66. The van der Waals surface area contributed by atoms with Crippen molar-refractivity contribution in [2.75, 3.05) is 5.32 Å². The average Bonchev–Trinajstić information content (AvgIpc) is 2.97. The normalized spacial score (nSPS) is 10.5. The van der Waals surface area contributed by atoms with E-state index in [2.05, 4.69) is 15.4 Å². The van der Waals surface area contributed by atoms with Crippen LogP contribution in [0.1, 0.15) is 11.4 Å². The maximum atomic E-state index is 12.5. The van der Waals surface area contributed by atoms with Gasteiger partial charge in [-0.05, 0) is 43.3 Å². The molecule has 0 aliphatic heterocycles. The molecule has 2 aromatic carbocycles. The molecular weight excluding hydrogens is 409 g/mol. The lowest BCUT2D eigenvalue weighted by atomic mass is 10.2. The Hall–Kier alpha value is -2.59. The van der Waals surface area contributed by atoms with E-state index in [4.69, 9.17) is 40.1 Å². The lowest BCUT2D eigenvalue weighted by Crippen LogP contribution is -2.20. The molecule has 0 aliphatic carbocycles. The monoisotopic (exact) mass is 419 g/mol. The Bertz CT molecular complexity index is 1070. The Labute approximate surface area is 170 Å². The molecule has 0 bridgehead atoms. The summed E-state index contributed by atoms with van der Waals surface area (Å²) in [5.41, 5.74) is 1.33. The van der Waals surface area contributed by atoms with E-state index in [9.17, 15) is 4.79 Å². The zero-order valence-electron chi connectivity index (χ0n) is 14.0. The minimum atomic E-state index is -0.375. The fraction of sp³-hybridized carbons (Fsp3) is 0.111. The number of carbonyl (C=O) groups excluding carboxylic acids is 1. The predicted molar refractivity (Wildman–Crippen MR) is 105 cm³/mol. The summed E-state index contributed by atoms with van der Waals surface area (Å²) in [6.45, 7) is 1.62. The van der Waals surface area contributed by atoms with Crippen LogP contribution in [0.25, 0.3) is 11.4 Å². The number of nitrogens with one attached hydrogen (secondary N) is 1. The smallest absolute Gasteiger partial charge is 0.246 e. The van der Waals surface area contributed by atoms with Crippen molar-refractivity contribution in [3.8, 4) is 17.5 Å². The van der Waals surface area contributed by atoms with E-state index in [1.807, 2.05) is 6.07 Å². The number of hydrogen-bond acceptors (Lipinski definition) is 4. The van der Waals surface area contributed by atoms with Crippen molar-refractivity contribution in [2.24, 2.45) is 0 Å². The number of halogens is 3. The van der Waals surface area contributed by atoms with E-state index in [0.29, 0.717) is 43.5 Å². The van der Waals surface area contributed by atoms with Crippen molar-refractivity contribution in [1.82, 2.24) is 14.8 Å². The van der Waals surface area contributed by atoms with E-state index in [-0.39, 0.29) is 12.5 Å². The van der Waals surface area contributed by atoms with Crippen molar-refractivity contribution in [3.63, 3.8) is 0 Å². The van der Waals surface area contributed by atoms with Gasteiger partial charge in [0, 0.05) is 10.6 Å². The number of amides is 1. The standard InChI is InChI=1S/C18H12Cl3N5O/c1-10-23-18(11-3-5-14(20)15(21)6-11)26(25-10)9-17(27)24-16-7-13(19)4-2-12(16)8-22/h2-7H,9H2,1H3,(H,24,27). The van der Waals surface area contributed by atoms with E-state index in [0.717, 1.165) is 0 Å². The molecule has 0 saturated heterocycles. The topological polar surface area (TPSA) is 83.6 Å². The molecule has 0 saturated carbocycles. The lowest BCUT2D eigenvalue weighted by Gasteiger charge is -2.09. The van der Waals surface area contributed by atoms with Gasteiger partial charge >= 0.3 is 0 Å². The summed E-state index contributed by atoms with van der Waals surface area (Å²) >= 11 is 18.0. The van der Waals surface area contributed by atoms with Gasteiger partial charge in [0.25, 0.3) is 0 Å². The molecule has 9 heteroatoms. The number of nitriles is 1. The molecule has 1 heterocycles. The Balaban J connectivity index is 1.86. The molecule has 6 nitrogen and oxygen atoms in total. The molecule has 3 aromatic rings. The highest BCUT2D eigenvalue weighted by atomic mass is 35.5. The molecule has 27 heavy (non-hydrogen) atoms. The van der Waals surface area contributed by atoms with Crippen molar-refractivity contribution in [3.05, 3.63) is 62.9 Å². The van der Waals surface area contributed by atoms with Gasteiger partial charge in [0.05, 0.1) is 21.3 Å². The van der Waals surface area contributed by atoms with Gasteiger partial charge in [0.1, 0.15) is 18.4 Å². The second kappa shape index (κ2) is 7.97. The van der Waals surface area contributed by atoms with Crippen molar-refractivity contribution >= 4 is 46.4 Å². The molecule has 1 aromatic heterocycles. The molecule has 0 radical (unpaired) electrons. The van der Waals surface area contributed by atoms with Crippen LogP contribution in [-0.2, 0) is 11.3 Å². The third-order valence-electron chi connectivity index (χ3n) is 3.62. The third kappa shape index (κ3) is 4.40. The number of rotatable bonds is 4. The van der Waals surface area contributed by atoms with Gasteiger partial charge < -0.3 is 5.32 Å². The van der Waals surface area contributed by atoms with Gasteiger partial charge in [-0.1, -0.05) is 34.8 Å². The summed E-state index contributed by atoms with van der Waals surface area (Å²) in [6.07, 6.45) is 0. The summed E-state index contributed by atoms with van der Waals surface area (Å²) in [7, 11) is 0. The van der Waals surface area contributed by atoms with Crippen LogP contribution < -0.4 is 5.32 Å². The molecular formula is C18H12Cl3N5O. The molecule has 0 atom stereocenters. The van der Waals surface area contributed by atoms with E-state index in [1.54, 1.807) is 37.3 Å². The van der Waals surface area contributed by atoms with Crippen molar-refractivity contribution < 1.29 is 4.79 Å². The summed E-state index contributed by atoms with van der Waals surface area (Å²) in [5.74, 6) is 0.608. The maximum Gasteiger partial charge on any atom is 0.246 e. The number of nitrogens with zero attached hydrogens (tertiary/aromatic N) is 4. The van der Waals surface area contributed by atoms with Crippen LogP contribution in [0.4, 0.5) is 5.69 Å². The van der Waals surface area contributed by atoms with E-state index < -0.39 is 0 Å². The van der Waals surface area contributed by atoms with E-state index in [1.165, 1.54) is 10.7 Å². The molecule has 0 unspecified atom stereocenters. The van der Waals surface area contributed by atoms with Crippen LogP contribution in [0.2, 0.25) is 15.1 Å². The van der Waals surface area contributed by atoms with Crippen molar-refractivity contribution in [2.45, 2.75) is 13.5 Å². The van der Waals surface area contributed by atoms with Crippen LogP contribution in [0.3, 0.4) is 0 Å². The number of aryl methyl sites for hydroxylation is 1. The first-order valence-corrected chi connectivity index (χ1v) is 8.87. The second-order valence-corrected chi connectivity index (χ2v) is 6.87. The number of aromatic nitrogens is 3. The number of hydrogen-bond donors (Lipinski definition) is 1. The quantitative estimate of drug-likeness (QED) is 0.661. The summed E-state index contributed by atoms with van der Waals surface area (Å²) < 4.78 is 1.46. The van der Waals surface area contributed by atoms with Crippen LogP contribution in [0, 0.1) is 18.3 Å². The average molecular weight is 421 g/mol. The highest BCUT2D eigenvalue weighted by Gasteiger charge is 2.15. The summed E-state index contributed by atoms with van der Waals surface area (Å²) in [4.78, 5) is 16.8. The molecule has 3 rings (SSSR count). The van der Waals surface area contributed by atoms with Gasteiger partial charge in [0.15, 0.2) is 5.82 Å². The number of anilines is 1. The zero-order valence-corrected chi connectivity index (χ0v) is 16.3. The Morgan fingerprint density at radius 2 is 1.96 bits per heavy atom. The first-order chi connectivity index (χ1) is 12.9. The summed E-state index contributed by atoms with van der Waals surface area (Å²) in [5, 5.41) is 17.3. The molecule has 1 amide bonds. The van der Waals surface area contributed by atoms with Crippen LogP contribution in [0.5, 0.6) is 0 Å². The lowest BCUT2D eigenvalue weighted by molar-refractivity contribution is -0.116. The van der Waals surface area contributed by atoms with Crippen LogP contribution >= 0.6 is 34.8 Å². The van der Waals surface area contributed by atoms with E-state index >= 15 is 0 Å². The Morgan fingerprint density at radius 3 is 2.67 bits per heavy atom. The Morgan fingerprint density at radius 1 is 1.19 bits per heavy atom. The highest BCUT2D eigenvalue weighted by molar-refractivity contribution is 6.42. The van der Waals surface area contributed by atoms with Gasteiger partial charge in [-0.15, -0.1) is 0 Å².